The third kappa shape index (κ3) is 6.05. The minimum atomic E-state index is 0.391. The van der Waals surface area contributed by atoms with Crippen LogP contribution in [-0.2, 0) is 11.3 Å². The number of aromatic nitrogens is 1. The second kappa shape index (κ2) is 9.16. The predicted molar refractivity (Wildman–Crippen MR) is 75.2 cm³/mol. The molecule has 0 saturated heterocycles. The molecule has 19 heavy (non-hydrogen) atoms. The standard InChI is InChI=1S/C13H22N4O2/c1-3-8-19-12-11(5-4-6-15-12)10-17-13(14)16-7-9-18-2/h4-6H,3,7-10H2,1-2H3,(H3,14,16,17). The summed E-state index contributed by atoms with van der Waals surface area (Å²) in [4.78, 5) is 8.44. The Hall–Kier alpha value is -1.82. The van der Waals surface area contributed by atoms with E-state index in [9.17, 15) is 0 Å². The Labute approximate surface area is 114 Å². The molecule has 1 rings (SSSR count). The number of rotatable bonds is 8. The number of ether oxygens (including phenoxy) is 2. The second-order valence-corrected chi connectivity index (χ2v) is 3.94. The van der Waals surface area contributed by atoms with Gasteiger partial charge in [-0.15, -0.1) is 0 Å². The van der Waals surface area contributed by atoms with E-state index in [1.807, 2.05) is 12.1 Å². The van der Waals surface area contributed by atoms with Crippen molar-refractivity contribution in [2.24, 2.45) is 10.7 Å². The van der Waals surface area contributed by atoms with Crippen LogP contribution in [0.25, 0.3) is 0 Å². The number of hydrogen-bond donors (Lipinski definition) is 2. The number of guanidine groups is 1. The Morgan fingerprint density at radius 1 is 1.47 bits per heavy atom. The smallest absolute Gasteiger partial charge is 0.218 e. The van der Waals surface area contributed by atoms with Gasteiger partial charge in [-0.3, -0.25) is 0 Å². The van der Waals surface area contributed by atoms with Crippen molar-refractivity contribution in [2.45, 2.75) is 19.9 Å². The van der Waals surface area contributed by atoms with Crippen LogP contribution in [0.5, 0.6) is 5.88 Å². The summed E-state index contributed by atoms with van der Waals surface area (Å²) >= 11 is 0. The molecule has 6 heteroatoms. The molecule has 1 aromatic rings. The molecule has 0 saturated carbocycles. The van der Waals surface area contributed by atoms with E-state index in [1.165, 1.54) is 0 Å². The summed E-state index contributed by atoms with van der Waals surface area (Å²) < 4.78 is 10.5. The lowest BCUT2D eigenvalue weighted by Crippen LogP contribution is -2.34. The fourth-order valence-electron chi connectivity index (χ4n) is 1.38. The van der Waals surface area contributed by atoms with E-state index < -0.39 is 0 Å². The number of nitrogens with one attached hydrogen (secondary N) is 1. The summed E-state index contributed by atoms with van der Waals surface area (Å²) in [7, 11) is 1.64. The summed E-state index contributed by atoms with van der Waals surface area (Å²) in [5, 5.41) is 2.96. The van der Waals surface area contributed by atoms with E-state index in [1.54, 1.807) is 13.3 Å². The lowest BCUT2D eigenvalue weighted by Gasteiger charge is -2.08. The van der Waals surface area contributed by atoms with Gasteiger partial charge in [0.05, 0.1) is 19.8 Å². The number of pyridine rings is 1. The molecule has 0 aliphatic rings. The first-order valence-electron chi connectivity index (χ1n) is 6.37. The topological polar surface area (TPSA) is 81.8 Å². The molecule has 0 amide bonds. The highest BCUT2D eigenvalue weighted by Gasteiger charge is 2.03. The molecule has 3 N–H and O–H groups in total. The summed E-state index contributed by atoms with van der Waals surface area (Å²) in [6.07, 6.45) is 2.65. The molecule has 0 atom stereocenters. The number of hydrogen-bond acceptors (Lipinski definition) is 4. The summed E-state index contributed by atoms with van der Waals surface area (Å²) in [5.41, 5.74) is 6.66. The Kier molecular flexibility index (Phi) is 7.34. The molecule has 0 bridgehead atoms. The molecule has 0 aromatic carbocycles. The average Bonchev–Trinajstić information content (AvgIpc) is 2.44. The van der Waals surface area contributed by atoms with Gasteiger partial charge in [-0.05, 0) is 12.5 Å². The van der Waals surface area contributed by atoms with E-state index >= 15 is 0 Å². The molecule has 0 unspecified atom stereocenters. The minimum absolute atomic E-state index is 0.391. The Balaban J connectivity index is 2.53. The molecule has 0 spiro atoms. The first-order chi connectivity index (χ1) is 9.27. The molecule has 1 heterocycles. The largest absolute Gasteiger partial charge is 0.477 e. The van der Waals surface area contributed by atoms with Crippen molar-refractivity contribution in [3.05, 3.63) is 23.9 Å². The highest BCUT2D eigenvalue weighted by Crippen LogP contribution is 2.15. The first-order valence-corrected chi connectivity index (χ1v) is 6.37. The van der Waals surface area contributed by atoms with E-state index in [4.69, 9.17) is 15.2 Å². The predicted octanol–water partition coefficient (Wildman–Crippen LogP) is 0.921. The lowest BCUT2D eigenvalue weighted by molar-refractivity contribution is 0.204. The van der Waals surface area contributed by atoms with Gasteiger partial charge in [0, 0.05) is 25.4 Å². The zero-order valence-electron chi connectivity index (χ0n) is 11.6. The highest BCUT2D eigenvalue weighted by atomic mass is 16.5. The average molecular weight is 266 g/mol. The second-order valence-electron chi connectivity index (χ2n) is 3.94. The van der Waals surface area contributed by atoms with Gasteiger partial charge in [0.1, 0.15) is 0 Å². The number of nitrogens with two attached hydrogens (primary N) is 1. The molecule has 1 aromatic heterocycles. The Morgan fingerprint density at radius 2 is 2.32 bits per heavy atom. The van der Waals surface area contributed by atoms with E-state index in [0.29, 0.717) is 38.1 Å². The van der Waals surface area contributed by atoms with Crippen LogP contribution in [0.1, 0.15) is 18.9 Å². The summed E-state index contributed by atoms with van der Waals surface area (Å²) in [6.45, 7) is 4.37. The van der Waals surface area contributed by atoms with Crippen LogP contribution in [-0.4, -0.2) is 37.8 Å². The van der Waals surface area contributed by atoms with Crippen molar-refractivity contribution in [1.29, 1.82) is 0 Å². The van der Waals surface area contributed by atoms with Crippen molar-refractivity contribution in [3.63, 3.8) is 0 Å². The quantitative estimate of drug-likeness (QED) is 0.415. The first kappa shape index (κ1) is 15.2. The van der Waals surface area contributed by atoms with Crippen molar-refractivity contribution in [3.8, 4) is 5.88 Å². The van der Waals surface area contributed by atoms with Gasteiger partial charge in [-0.1, -0.05) is 13.0 Å². The van der Waals surface area contributed by atoms with Crippen molar-refractivity contribution in [1.82, 2.24) is 10.3 Å². The maximum Gasteiger partial charge on any atom is 0.218 e. The van der Waals surface area contributed by atoms with Gasteiger partial charge in [-0.2, -0.15) is 0 Å². The van der Waals surface area contributed by atoms with Gasteiger partial charge >= 0.3 is 0 Å². The van der Waals surface area contributed by atoms with Crippen LogP contribution in [0.15, 0.2) is 23.3 Å². The van der Waals surface area contributed by atoms with Crippen LogP contribution in [0.4, 0.5) is 0 Å². The number of methoxy groups -OCH3 is 1. The maximum absolute atomic E-state index is 5.73. The van der Waals surface area contributed by atoms with Crippen molar-refractivity contribution < 1.29 is 9.47 Å². The fourth-order valence-corrected chi connectivity index (χ4v) is 1.38. The third-order valence-electron chi connectivity index (χ3n) is 2.32. The maximum atomic E-state index is 5.73. The zero-order chi connectivity index (χ0) is 13.9. The van der Waals surface area contributed by atoms with Crippen LogP contribution in [0.3, 0.4) is 0 Å². The van der Waals surface area contributed by atoms with Gasteiger partial charge in [0.2, 0.25) is 5.88 Å². The van der Waals surface area contributed by atoms with Crippen LogP contribution in [0, 0.1) is 0 Å². The molecule has 106 valence electrons. The summed E-state index contributed by atoms with van der Waals surface area (Å²) in [5.74, 6) is 1.01. The lowest BCUT2D eigenvalue weighted by atomic mass is 10.3. The molecule has 0 aliphatic heterocycles. The number of nitrogens with zero attached hydrogens (tertiary/aromatic N) is 2. The Morgan fingerprint density at radius 3 is 3.05 bits per heavy atom. The van der Waals surface area contributed by atoms with E-state index in [0.717, 1.165) is 12.0 Å². The Bertz CT molecular complexity index is 396. The normalized spacial score (nSPS) is 11.4. The molecule has 0 fully saturated rings. The summed E-state index contributed by atoms with van der Waals surface area (Å²) in [6, 6.07) is 3.79. The van der Waals surface area contributed by atoms with Gasteiger partial charge in [0.25, 0.3) is 0 Å². The van der Waals surface area contributed by atoms with Crippen LogP contribution >= 0.6 is 0 Å². The van der Waals surface area contributed by atoms with E-state index in [-0.39, 0.29) is 0 Å². The zero-order valence-corrected chi connectivity index (χ0v) is 11.6. The van der Waals surface area contributed by atoms with Crippen molar-refractivity contribution >= 4 is 5.96 Å². The van der Waals surface area contributed by atoms with Gasteiger partial charge in [-0.25, -0.2) is 9.98 Å². The molecule has 0 aliphatic carbocycles. The van der Waals surface area contributed by atoms with Gasteiger partial charge < -0.3 is 20.5 Å². The van der Waals surface area contributed by atoms with Gasteiger partial charge in [0.15, 0.2) is 5.96 Å². The number of aliphatic imine (C=N–C) groups is 1. The minimum Gasteiger partial charge on any atom is -0.477 e. The highest BCUT2D eigenvalue weighted by molar-refractivity contribution is 5.77. The van der Waals surface area contributed by atoms with Crippen LogP contribution in [0.2, 0.25) is 0 Å². The molecule has 0 radical (unpaired) electrons. The van der Waals surface area contributed by atoms with Crippen molar-refractivity contribution in [2.75, 3.05) is 26.9 Å². The third-order valence-corrected chi connectivity index (χ3v) is 2.32. The van der Waals surface area contributed by atoms with E-state index in [2.05, 4.69) is 22.2 Å². The molecule has 6 nitrogen and oxygen atoms in total. The SMILES string of the molecule is CCCOc1ncccc1CN=C(N)NCCOC. The molecular formula is C13H22N4O2. The van der Waals surface area contributed by atoms with Crippen LogP contribution < -0.4 is 15.8 Å². The molecular weight excluding hydrogens is 244 g/mol. The monoisotopic (exact) mass is 266 g/mol. The fraction of sp³-hybridized carbons (Fsp3) is 0.538.